The molecule has 0 radical (unpaired) electrons. The fourth-order valence-corrected chi connectivity index (χ4v) is 1.71. The number of ether oxygens (including phenoxy) is 1. The second-order valence-corrected chi connectivity index (χ2v) is 4.02. The molecule has 0 aliphatic heterocycles. The van der Waals surface area contributed by atoms with Crippen molar-refractivity contribution in [1.29, 1.82) is 5.26 Å². The number of nitro benzene ring substituents is 1. The molecule has 0 fully saturated rings. The normalized spacial score (nSPS) is 9.68. The third-order valence-electron chi connectivity index (χ3n) is 2.34. The van der Waals surface area contributed by atoms with E-state index in [4.69, 9.17) is 21.6 Å². The maximum Gasteiger partial charge on any atom is 0.290 e. The van der Waals surface area contributed by atoms with Crippen molar-refractivity contribution in [2.24, 2.45) is 0 Å². The van der Waals surface area contributed by atoms with Crippen LogP contribution in [0.1, 0.15) is 5.56 Å². The van der Waals surface area contributed by atoms with Crippen LogP contribution in [0, 0.1) is 21.4 Å². The summed E-state index contributed by atoms with van der Waals surface area (Å²) < 4.78 is 5.46. The van der Waals surface area contributed by atoms with Gasteiger partial charge in [0.15, 0.2) is 11.3 Å². The SMILES string of the molecule is N#Cc1c(Oc2cccc(Cl)c2)cccc1[N+](=O)[O-]. The summed E-state index contributed by atoms with van der Waals surface area (Å²) in [4.78, 5) is 10.2. The van der Waals surface area contributed by atoms with Crippen LogP contribution >= 0.6 is 11.6 Å². The molecule has 6 heteroatoms. The van der Waals surface area contributed by atoms with E-state index in [1.165, 1.54) is 18.2 Å². The molecule has 0 spiro atoms. The molecule has 2 aromatic rings. The lowest BCUT2D eigenvalue weighted by Gasteiger charge is -2.07. The number of hydrogen-bond donors (Lipinski definition) is 0. The summed E-state index contributed by atoms with van der Waals surface area (Å²) in [5, 5.41) is 20.3. The molecule has 0 aromatic heterocycles. The van der Waals surface area contributed by atoms with Gasteiger partial charge in [0.25, 0.3) is 5.69 Å². The summed E-state index contributed by atoms with van der Waals surface area (Å²) in [5.74, 6) is 0.531. The van der Waals surface area contributed by atoms with E-state index < -0.39 is 4.92 Å². The smallest absolute Gasteiger partial charge is 0.290 e. The first-order valence-corrected chi connectivity index (χ1v) is 5.60. The van der Waals surface area contributed by atoms with Crippen molar-refractivity contribution >= 4 is 17.3 Å². The van der Waals surface area contributed by atoms with Crippen molar-refractivity contribution in [3.8, 4) is 17.6 Å². The van der Waals surface area contributed by atoms with Gasteiger partial charge in [-0.3, -0.25) is 10.1 Å². The Labute approximate surface area is 113 Å². The number of nitrogens with zero attached hydrogens (tertiary/aromatic N) is 2. The topological polar surface area (TPSA) is 76.2 Å². The fraction of sp³-hybridized carbons (Fsp3) is 0. The molecule has 0 saturated carbocycles. The molecule has 94 valence electrons. The molecule has 0 N–H and O–H groups in total. The zero-order valence-corrected chi connectivity index (χ0v) is 10.3. The number of rotatable bonds is 3. The second kappa shape index (κ2) is 5.38. The third-order valence-corrected chi connectivity index (χ3v) is 2.57. The van der Waals surface area contributed by atoms with E-state index in [1.807, 2.05) is 0 Å². The first-order chi connectivity index (χ1) is 9.11. The summed E-state index contributed by atoms with van der Waals surface area (Å²) in [6.07, 6.45) is 0. The van der Waals surface area contributed by atoms with E-state index in [1.54, 1.807) is 30.3 Å². The van der Waals surface area contributed by atoms with Crippen LogP contribution in [0.2, 0.25) is 5.02 Å². The standard InChI is InChI=1S/C13H7ClN2O3/c14-9-3-1-4-10(7-9)19-13-6-2-5-12(16(17)18)11(13)8-15/h1-7H. The number of nitriles is 1. The Morgan fingerprint density at radius 1 is 1.26 bits per heavy atom. The highest BCUT2D eigenvalue weighted by atomic mass is 35.5. The Bertz CT molecular complexity index is 680. The fourth-order valence-electron chi connectivity index (χ4n) is 1.53. The summed E-state index contributed by atoms with van der Waals surface area (Å²) >= 11 is 5.81. The monoisotopic (exact) mass is 274 g/mol. The van der Waals surface area contributed by atoms with Crippen LogP contribution < -0.4 is 4.74 Å². The molecule has 0 amide bonds. The lowest BCUT2D eigenvalue weighted by molar-refractivity contribution is -0.385. The minimum absolute atomic E-state index is 0.118. The quantitative estimate of drug-likeness (QED) is 0.628. The molecular weight excluding hydrogens is 268 g/mol. The summed E-state index contributed by atoms with van der Waals surface area (Å²) in [5.41, 5.74) is -0.408. The number of nitro groups is 1. The first kappa shape index (κ1) is 12.9. The Morgan fingerprint density at radius 2 is 2.00 bits per heavy atom. The minimum atomic E-state index is -0.622. The van der Waals surface area contributed by atoms with E-state index >= 15 is 0 Å². The van der Waals surface area contributed by atoms with Gasteiger partial charge in [-0.25, -0.2) is 0 Å². The summed E-state index contributed by atoms with van der Waals surface area (Å²) in [6, 6.07) is 12.5. The van der Waals surface area contributed by atoms with Crippen LogP contribution in [-0.4, -0.2) is 4.92 Å². The molecule has 0 aliphatic rings. The lowest BCUT2D eigenvalue weighted by Crippen LogP contribution is -1.95. The van der Waals surface area contributed by atoms with Gasteiger partial charge in [-0.1, -0.05) is 23.7 Å². The van der Waals surface area contributed by atoms with Crippen molar-refractivity contribution in [3.05, 3.63) is 63.2 Å². The maximum absolute atomic E-state index is 10.8. The van der Waals surface area contributed by atoms with Crippen LogP contribution in [0.5, 0.6) is 11.5 Å². The summed E-state index contributed by atoms with van der Waals surface area (Å²) in [7, 11) is 0. The average molecular weight is 275 g/mol. The number of hydrogen-bond acceptors (Lipinski definition) is 4. The van der Waals surface area contributed by atoms with E-state index in [0.29, 0.717) is 10.8 Å². The molecule has 0 heterocycles. The largest absolute Gasteiger partial charge is 0.456 e. The maximum atomic E-state index is 10.8. The van der Waals surface area contributed by atoms with Gasteiger partial charge in [0.05, 0.1) is 4.92 Å². The Hall–Kier alpha value is -2.58. The van der Waals surface area contributed by atoms with E-state index in [9.17, 15) is 10.1 Å². The van der Waals surface area contributed by atoms with Crippen molar-refractivity contribution < 1.29 is 9.66 Å². The molecule has 0 atom stereocenters. The van der Waals surface area contributed by atoms with Crippen molar-refractivity contribution in [3.63, 3.8) is 0 Å². The van der Waals surface area contributed by atoms with Crippen LogP contribution in [0.15, 0.2) is 42.5 Å². The molecule has 0 bridgehead atoms. The van der Waals surface area contributed by atoms with Gasteiger partial charge in [0.2, 0.25) is 0 Å². The van der Waals surface area contributed by atoms with E-state index in [2.05, 4.69) is 0 Å². The van der Waals surface area contributed by atoms with Crippen LogP contribution in [0.3, 0.4) is 0 Å². The van der Waals surface area contributed by atoms with Gasteiger partial charge in [-0.2, -0.15) is 5.26 Å². The second-order valence-electron chi connectivity index (χ2n) is 3.58. The third kappa shape index (κ3) is 2.81. The molecule has 5 nitrogen and oxygen atoms in total. The van der Waals surface area contributed by atoms with Crippen LogP contribution in [0.4, 0.5) is 5.69 Å². The zero-order chi connectivity index (χ0) is 13.8. The molecule has 2 rings (SSSR count). The average Bonchev–Trinajstić information content (AvgIpc) is 2.38. The van der Waals surface area contributed by atoms with Gasteiger partial charge in [-0.15, -0.1) is 0 Å². The number of benzene rings is 2. The molecule has 0 aliphatic carbocycles. The lowest BCUT2D eigenvalue weighted by atomic mass is 10.2. The molecule has 2 aromatic carbocycles. The number of halogens is 1. The Balaban J connectivity index is 2.44. The molecular formula is C13H7ClN2O3. The van der Waals surface area contributed by atoms with Gasteiger partial charge >= 0.3 is 0 Å². The zero-order valence-electron chi connectivity index (χ0n) is 9.54. The summed E-state index contributed by atoms with van der Waals surface area (Å²) in [6.45, 7) is 0. The van der Waals surface area contributed by atoms with Gasteiger partial charge < -0.3 is 4.74 Å². The molecule has 0 saturated heterocycles. The van der Waals surface area contributed by atoms with Crippen LogP contribution in [-0.2, 0) is 0 Å². The molecule has 0 unspecified atom stereocenters. The van der Waals surface area contributed by atoms with Crippen LogP contribution in [0.25, 0.3) is 0 Å². The predicted octanol–water partition coefficient (Wildman–Crippen LogP) is 3.91. The van der Waals surface area contributed by atoms with Gasteiger partial charge in [0.1, 0.15) is 11.8 Å². The van der Waals surface area contributed by atoms with Crippen molar-refractivity contribution in [2.75, 3.05) is 0 Å². The van der Waals surface area contributed by atoms with E-state index in [0.717, 1.165) is 0 Å². The minimum Gasteiger partial charge on any atom is -0.456 e. The van der Waals surface area contributed by atoms with E-state index in [-0.39, 0.29) is 17.0 Å². The Kier molecular flexibility index (Phi) is 3.64. The highest BCUT2D eigenvalue weighted by Gasteiger charge is 2.18. The van der Waals surface area contributed by atoms with Crippen molar-refractivity contribution in [1.82, 2.24) is 0 Å². The van der Waals surface area contributed by atoms with Gasteiger partial charge in [0, 0.05) is 11.1 Å². The van der Waals surface area contributed by atoms with Crippen molar-refractivity contribution in [2.45, 2.75) is 0 Å². The predicted molar refractivity (Wildman–Crippen MR) is 69.3 cm³/mol. The van der Waals surface area contributed by atoms with Gasteiger partial charge in [-0.05, 0) is 24.3 Å². The highest BCUT2D eigenvalue weighted by Crippen LogP contribution is 2.31. The Morgan fingerprint density at radius 3 is 2.63 bits per heavy atom. The first-order valence-electron chi connectivity index (χ1n) is 5.22. The highest BCUT2D eigenvalue weighted by molar-refractivity contribution is 6.30. The molecule has 19 heavy (non-hydrogen) atoms.